The van der Waals surface area contributed by atoms with E-state index in [-0.39, 0.29) is 24.3 Å². The Hall–Kier alpha value is -1.38. The van der Waals surface area contributed by atoms with Crippen LogP contribution in [0.3, 0.4) is 0 Å². The van der Waals surface area contributed by atoms with Gasteiger partial charge in [-0.3, -0.25) is 9.59 Å². The number of carbonyl (C=O) groups excluding carboxylic acids is 2. The second kappa shape index (κ2) is 2.30. The summed E-state index contributed by atoms with van der Waals surface area (Å²) in [5.74, 6) is -0.955. The molecule has 0 aromatic carbocycles. The second-order valence-electron chi connectivity index (χ2n) is 2.82. The standard InChI is InChI=1S/C9H9NO2/c1-10-5-6-3-2-4-7(11)8(6)9(10)12/h2-3H,4-5H2,1H3/i1D3. The number of carbonyl (C=O) groups is 2. The van der Waals surface area contributed by atoms with Gasteiger partial charge < -0.3 is 4.90 Å². The van der Waals surface area contributed by atoms with E-state index in [4.69, 9.17) is 4.11 Å². The normalized spacial score (nSPS) is 27.0. The molecule has 0 N–H and O–H groups in total. The minimum absolute atomic E-state index is 0.00685. The Morgan fingerprint density at radius 3 is 3.08 bits per heavy atom. The van der Waals surface area contributed by atoms with Crippen molar-refractivity contribution in [3.05, 3.63) is 23.3 Å². The number of amides is 1. The summed E-state index contributed by atoms with van der Waals surface area (Å²) in [4.78, 5) is 23.8. The summed E-state index contributed by atoms with van der Waals surface area (Å²) in [6, 6.07) is 0. The van der Waals surface area contributed by atoms with Crippen molar-refractivity contribution in [1.29, 1.82) is 0 Å². The molecule has 1 amide bonds. The van der Waals surface area contributed by atoms with Crippen molar-refractivity contribution in [3.63, 3.8) is 0 Å². The molecule has 0 atom stereocenters. The molecule has 3 heteroatoms. The van der Waals surface area contributed by atoms with Gasteiger partial charge in [0.1, 0.15) is 0 Å². The van der Waals surface area contributed by atoms with E-state index in [1.165, 1.54) is 0 Å². The van der Waals surface area contributed by atoms with Gasteiger partial charge in [-0.2, -0.15) is 0 Å². The Kier molecular flexibility index (Phi) is 0.882. The minimum atomic E-state index is -2.47. The predicted octanol–water partition coefficient (Wildman–Crippen LogP) is 0.284. The monoisotopic (exact) mass is 166 g/mol. The maximum absolute atomic E-state index is 11.7. The molecule has 0 aromatic rings. The van der Waals surface area contributed by atoms with E-state index in [2.05, 4.69) is 0 Å². The number of rotatable bonds is 0. The Balaban J connectivity index is 2.36. The summed E-state index contributed by atoms with van der Waals surface area (Å²) in [5.41, 5.74) is 0.570. The van der Waals surface area contributed by atoms with E-state index in [1.807, 2.05) is 0 Å². The highest BCUT2D eigenvalue weighted by Gasteiger charge is 2.32. The second-order valence-corrected chi connectivity index (χ2v) is 2.82. The number of ketones is 1. The molecule has 62 valence electrons. The molecule has 0 unspecified atom stereocenters. The SMILES string of the molecule is [2H]C([2H])([2H])N1CC2=C(C(=O)CC=C2)C1=O. The number of hydrogen-bond acceptors (Lipinski definition) is 2. The maximum atomic E-state index is 11.7. The molecule has 1 aliphatic heterocycles. The highest BCUT2D eigenvalue weighted by molar-refractivity contribution is 6.22. The number of nitrogens with zero attached hydrogens (tertiary/aromatic N) is 1. The number of hydrogen-bond donors (Lipinski definition) is 0. The third-order valence-electron chi connectivity index (χ3n) is 2.01. The lowest BCUT2D eigenvalue weighted by Crippen LogP contribution is -2.23. The summed E-state index contributed by atoms with van der Waals surface area (Å²) >= 11 is 0. The molecular formula is C9H9NO2. The molecule has 0 saturated carbocycles. The molecule has 12 heavy (non-hydrogen) atoms. The number of allylic oxidation sites excluding steroid dienone is 1. The van der Waals surface area contributed by atoms with Gasteiger partial charge in [-0.05, 0) is 5.57 Å². The van der Waals surface area contributed by atoms with Crippen molar-refractivity contribution in [2.24, 2.45) is 0 Å². The fourth-order valence-corrected chi connectivity index (χ4v) is 1.44. The Morgan fingerprint density at radius 2 is 2.42 bits per heavy atom. The molecule has 3 nitrogen and oxygen atoms in total. The molecule has 0 saturated heterocycles. The lowest BCUT2D eigenvalue weighted by molar-refractivity contribution is -0.127. The van der Waals surface area contributed by atoms with E-state index in [0.717, 1.165) is 4.90 Å². The first-order chi connectivity index (χ1) is 6.91. The van der Waals surface area contributed by atoms with Crippen molar-refractivity contribution < 1.29 is 13.7 Å². The Bertz CT molecular complexity index is 406. The summed E-state index contributed by atoms with van der Waals surface area (Å²) in [5, 5.41) is 0. The average Bonchev–Trinajstić information content (AvgIpc) is 2.44. The van der Waals surface area contributed by atoms with Gasteiger partial charge in [0.05, 0.1) is 5.57 Å². The van der Waals surface area contributed by atoms with Crippen LogP contribution < -0.4 is 0 Å². The topological polar surface area (TPSA) is 37.4 Å². The minimum Gasteiger partial charge on any atom is -0.337 e. The summed E-state index contributed by atoms with van der Waals surface area (Å²) in [7, 11) is 0. The van der Waals surface area contributed by atoms with Crippen LogP contribution in [-0.4, -0.2) is 30.1 Å². The molecule has 0 fully saturated rings. The van der Waals surface area contributed by atoms with Crippen molar-refractivity contribution in [1.82, 2.24) is 4.90 Å². The summed E-state index contributed by atoms with van der Waals surface area (Å²) in [6.07, 6.45) is 3.48. The maximum Gasteiger partial charge on any atom is 0.257 e. The predicted molar refractivity (Wildman–Crippen MR) is 43.4 cm³/mol. The van der Waals surface area contributed by atoms with Crippen molar-refractivity contribution in [2.75, 3.05) is 13.5 Å². The average molecular weight is 166 g/mol. The first kappa shape index (κ1) is 4.60. The fraction of sp³-hybridized carbons (Fsp3) is 0.333. The van der Waals surface area contributed by atoms with Crippen LogP contribution >= 0.6 is 0 Å². The molecule has 1 aliphatic carbocycles. The van der Waals surface area contributed by atoms with Crippen LogP contribution in [0.25, 0.3) is 0 Å². The highest BCUT2D eigenvalue weighted by Crippen LogP contribution is 2.24. The van der Waals surface area contributed by atoms with Gasteiger partial charge in [-0.15, -0.1) is 0 Å². The van der Waals surface area contributed by atoms with E-state index in [0.29, 0.717) is 5.57 Å². The van der Waals surface area contributed by atoms with Crippen LogP contribution in [0.1, 0.15) is 10.5 Å². The molecule has 1 heterocycles. The van der Waals surface area contributed by atoms with Crippen molar-refractivity contribution in [3.8, 4) is 0 Å². The molecule has 0 spiro atoms. The van der Waals surface area contributed by atoms with Crippen LogP contribution in [0, 0.1) is 0 Å². The Morgan fingerprint density at radius 1 is 1.58 bits per heavy atom. The number of likely N-dealkylation sites (N-methyl/N-ethyl adjacent to an activating group) is 1. The summed E-state index contributed by atoms with van der Waals surface area (Å²) in [6.45, 7) is -2.46. The quantitative estimate of drug-likeness (QED) is 0.485. The zero-order valence-electron chi connectivity index (χ0n) is 9.33. The van der Waals surface area contributed by atoms with E-state index < -0.39 is 12.9 Å². The van der Waals surface area contributed by atoms with E-state index in [9.17, 15) is 9.59 Å². The van der Waals surface area contributed by atoms with Crippen LogP contribution in [-0.2, 0) is 9.59 Å². The van der Waals surface area contributed by atoms with Crippen LogP contribution in [0.15, 0.2) is 23.3 Å². The summed E-state index contributed by atoms with van der Waals surface area (Å²) < 4.78 is 21.5. The smallest absolute Gasteiger partial charge is 0.257 e. The van der Waals surface area contributed by atoms with Crippen LogP contribution in [0.4, 0.5) is 0 Å². The van der Waals surface area contributed by atoms with Crippen LogP contribution in [0.5, 0.6) is 0 Å². The molecule has 2 aliphatic rings. The van der Waals surface area contributed by atoms with Crippen molar-refractivity contribution >= 4 is 11.7 Å². The van der Waals surface area contributed by atoms with Gasteiger partial charge in [0, 0.05) is 24.1 Å². The molecule has 0 bridgehead atoms. The zero-order chi connectivity index (χ0) is 11.2. The molecular weight excluding hydrogens is 154 g/mol. The van der Waals surface area contributed by atoms with Gasteiger partial charge in [0.2, 0.25) is 0 Å². The third kappa shape index (κ3) is 0.826. The third-order valence-corrected chi connectivity index (χ3v) is 2.01. The zero-order valence-corrected chi connectivity index (χ0v) is 6.33. The first-order valence-electron chi connectivity index (χ1n) is 5.16. The van der Waals surface area contributed by atoms with Gasteiger partial charge >= 0.3 is 0 Å². The van der Waals surface area contributed by atoms with Gasteiger partial charge in [-0.1, -0.05) is 12.2 Å². The van der Waals surface area contributed by atoms with Gasteiger partial charge in [-0.25, -0.2) is 0 Å². The largest absolute Gasteiger partial charge is 0.337 e. The van der Waals surface area contributed by atoms with Gasteiger partial charge in [0.25, 0.3) is 5.91 Å². The molecule has 0 aromatic heterocycles. The molecule has 2 rings (SSSR count). The van der Waals surface area contributed by atoms with Gasteiger partial charge in [0.15, 0.2) is 5.78 Å². The first-order valence-corrected chi connectivity index (χ1v) is 3.66. The lowest BCUT2D eigenvalue weighted by atomic mass is 9.99. The number of Topliss-reactive ketones (excluding diaryl/α,β-unsaturated/α-hetero) is 1. The fourth-order valence-electron chi connectivity index (χ4n) is 1.44. The van der Waals surface area contributed by atoms with E-state index in [1.54, 1.807) is 12.2 Å². The van der Waals surface area contributed by atoms with Crippen molar-refractivity contribution in [2.45, 2.75) is 6.42 Å². The lowest BCUT2D eigenvalue weighted by Gasteiger charge is -2.06. The van der Waals surface area contributed by atoms with Crippen LogP contribution in [0.2, 0.25) is 0 Å². The Labute approximate surface area is 74.6 Å². The highest BCUT2D eigenvalue weighted by atomic mass is 16.2. The van der Waals surface area contributed by atoms with E-state index >= 15 is 0 Å². The molecule has 0 radical (unpaired) electrons.